The third kappa shape index (κ3) is 3.20. The van der Waals surface area contributed by atoms with Crippen molar-refractivity contribution in [1.29, 1.82) is 0 Å². The summed E-state index contributed by atoms with van der Waals surface area (Å²) in [6, 6.07) is 10.3. The molecule has 1 aromatic carbocycles. The quantitative estimate of drug-likeness (QED) is 0.868. The van der Waals surface area contributed by atoms with Crippen LogP contribution < -0.4 is 5.32 Å². The van der Waals surface area contributed by atoms with Crippen LogP contribution in [0.4, 0.5) is 0 Å². The zero-order valence-corrected chi connectivity index (χ0v) is 11.3. The average Bonchev–Trinajstić information content (AvgIpc) is 2.91. The van der Waals surface area contributed by atoms with Gasteiger partial charge in [0.1, 0.15) is 0 Å². The Bertz CT molecular complexity index is 505. The molecule has 1 N–H and O–H groups in total. The van der Waals surface area contributed by atoms with Gasteiger partial charge in [-0.15, -0.1) is 0 Å². The Morgan fingerprint density at radius 1 is 1.28 bits per heavy atom. The molecular formula is C15H17NOS. The lowest BCUT2D eigenvalue weighted by molar-refractivity contribution is -0.121. The van der Waals surface area contributed by atoms with Crippen molar-refractivity contribution in [2.24, 2.45) is 0 Å². The van der Waals surface area contributed by atoms with E-state index in [0.717, 1.165) is 6.42 Å². The Hall–Kier alpha value is -1.61. The molecular weight excluding hydrogens is 242 g/mol. The van der Waals surface area contributed by atoms with Gasteiger partial charge in [-0.05, 0) is 39.9 Å². The molecule has 0 saturated carbocycles. The number of carbonyl (C=O) groups is 1. The maximum absolute atomic E-state index is 11.5. The van der Waals surface area contributed by atoms with Crippen LogP contribution in [-0.4, -0.2) is 5.91 Å². The van der Waals surface area contributed by atoms with E-state index in [1.807, 2.05) is 19.1 Å². The first-order chi connectivity index (χ1) is 8.81. The second kappa shape index (κ2) is 6.36. The minimum Gasteiger partial charge on any atom is -0.352 e. The fourth-order valence-corrected chi connectivity index (χ4v) is 2.54. The first-order valence-corrected chi connectivity index (χ1v) is 7.12. The largest absolute Gasteiger partial charge is 0.352 e. The van der Waals surface area contributed by atoms with Gasteiger partial charge in [0.25, 0.3) is 0 Å². The van der Waals surface area contributed by atoms with Crippen molar-refractivity contribution in [2.75, 3.05) is 0 Å². The van der Waals surface area contributed by atoms with Crippen molar-refractivity contribution >= 4 is 17.2 Å². The molecule has 0 spiro atoms. The Morgan fingerprint density at radius 2 is 2.11 bits per heavy atom. The Balaban J connectivity index is 2.11. The molecule has 0 aliphatic carbocycles. The lowest BCUT2D eigenvalue weighted by Crippen LogP contribution is -2.22. The number of rotatable bonds is 5. The summed E-state index contributed by atoms with van der Waals surface area (Å²) >= 11 is 1.69. The third-order valence-electron chi connectivity index (χ3n) is 2.80. The van der Waals surface area contributed by atoms with Crippen LogP contribution in [0.1, 0.15) is 25.3 Å². The molecule has 3 heteroatoms. The molecule has 0 bridgehead atoms. The number of hydrogen-bond donors (Lipinski definition) is 1. The van der Waals surface area contributed by atoms with Gasteiger partial charge in [-0.25, -0.2) is 0 Å². The normalized spacial score (nSPS) is 10.3. The summed E-state index contributed by atoms with van der Waals surface area (Å²) in [5.41, 5.74) is 3.59. The first kappa shape index (κ1) is 12.8. The van der Waals surface area contributed by atoms with Gasteiger partial charge >= 0.3 is 0 Å². The van der Waals surface area contributed by atoms with Gasteiger partial charge in [-0.3, -0.25) is 4.79 Å². The summed E-state index contributed by atoms with van der Waals surface area (Å²) in [4.78, 5) is 11.5. The van der Waals surface area contributed by atoms with Gasteiger partial charge in [-0.2, -0.15) is 11.3 Å². The predicted molar refractivity (Wildman–Crippen MR) is 76.5 cm³/mol. The molecule has 94 valence electrons. The predicted octanol–water partition coefficient (Wildman–Crippen LogP) is 3.83. The number of hydrogen-bond acceptors (Lipinski definition) is 2. The van der Waals surface area contributed by atoms with Gasteiger partial charge in [0.2, 0.25) is 5.91 Å². The van der Waals surface area contributed by atoms with E-state index in [2.05, 4.69) is 34.3 Å². The van der Waals surface area contributed by atoms with Crippen molar-refractivity contribution in [2.45, 2.75) is 26.3 Å². The number of carbonyl (C=O) groups excluding carboxylic acids is 1. The minimum atomic E-state index is 0.123. The van der Waals surface area contributed by atoms with Crippen LogP contribution in [0, 0.1) is 0 Å². The molecule has 1 heterocycles. The number of benzene rings is 1. The highest BCUT2D eigenvalue weighted by Crippen LogP contribution is 2.25. The topological polar surface area (TPSA) is 29.1 Å². The summed E-state index contributed by atoms with van der Waals surface area (Å²) < 4.78 is 0. The molecule has 0 radical (unpaired) electrons. The summed E-state index contributed by atoms with van der Waals surface area (Å²) in [6.07, 6.45) is 1.48. The van der Waals surface area contributed by atoms with E-state index in [-0.39, 0.29) is 5.91 Å². The monoisotopic (exact) mass is 259 g/mol. The maximum atomic E-state index is 11.5. The minimum absolute atomic E-state index is 0.123. The Labute approximate surface area is 112 Å². The van der Waals surface area contributed by atoms with Crippen LogP contribution in [0.3, 0.4) is 0 Å². The van der Waals surface area contributed by atoms with E-state index < -0.39 is 0 Å². The Morgan fingerprint density at radius 3 is 2.83 bits per heavy atom. The fraction of sp³-hybridized carbons (Fsp3) is 0.267. The van der Waals surface area contributed by atoms with Crippen molar-refractivity contribution in [3.8, 4) is 11.1 Å². The van der Waals surface area contributed by atoms with Crippen molar-refractivity contribution in [1.82, 2.24) is 5.32 Å². The molecule has 2 aromatic rings. The van der Waals surface area contributed by atoms with Crippen LogP contribution in [0.15, 0.2) is 41.1 Å². The molecule has 2 nitrogen and oxygen atoms in total. The average molecular weight is 259 g/mol. The van der Waals surface area contributed by atoms with Gasteiger partial charge in [0, 0.05) is 13.0 Å². The number of amides is 1. The van der Waals surface area contributed by atoms with Crippen molar-refractivity contribution in [3.63, 3.8) is 0 Å². The van der Waals surface area contributed by atoms with Crippen molar-refractivity contribution < 1.29 is 4.79 Å². The molecule has 0 aliphatic rings. The van der Waals surface area contributed by atoms with Gasteiger partial charge in [0.05, 0.1) is 0 Å². The highest BCUT2D eigenvalue weighted by Gasteiger charge is 2.06. The van der Waals surface area contributed by atoms with Crippen LogP contribution in [0.25, 0.3) is 11.1 Å². The second-order valence-corrected chi connectivity index (χ2v) is 4.98. The zero-order chi connectivity index (χ0) is 12.8. The smallest absolute Gasteiger partial charge is 0.220 e. The molecule has 0 atom stereocenters. The number of nitrogens with one attached hydrogen (secondary N) is 1. The van der Waals surface area contributed by atoms with E-state index in [1.165, 1.54) is 16.7 Å². The van der Waals surface area contributed by atoms with E-state index in [1.54, 1.807) is 11.3 Å². The lowest BCUT2D eigenvalue weighted by Gasteiger charge is -2.09. The Kier molecular flexibility index (Phi) is 4.53. The standard InChI is InChI=1S/C15H17NOS/c1-2-5-15(17)16-10-12-6-3-4-7-14(12)13-8-9-18-11-13/h3-4,6-9,11H,2,5,10H2,1H3,(H,16,17). The molecule has 0 unspecified atom stereocenters. The summed E-state index contributed by atoms with van der Waals surface area (Å²) in [7, 11) is 0. The van der Waals surface area contributed by atoms with Crippen LogP contribution >= 0.6 is 11.3 Å². The van der Waals surface area contributed by atoms with E-state index in [0.29, 0.717) is 13.0 Å². The molecule has 0 saturated heterocycles. The van der Waals surface area contributed by atoms with E-state index in [4.69, 9.17) is 0 Å². The summed E-state index contributed by atoms with van der Waals surface area (Å²) in [6.45, 7) is 2.61. The SMILES string of the molecule is CCCC(=O)NCc1ccccc1-c1ccsc1. The van der Waals surface area contributed by atoms with Gasteiger partial charge in [-0.1, -0.05) is 31.2 Å². The molecule has 1 amide bonds. The lowest BCUT2D eigenvalue weighted by atomic mass is 10.0. The van der Waals surface area contributed by atoms with Crippen LogP contribution in [0.2, 0.25) is 0 Å². The van der Waals surface area contributed by atoms with Gasteiger partial charge in [0.15, 0.2) is 0 Å². The van der Waals surface area contributed by atoms with E-state index in [9.17, 15) is 4.79 Å². The first-order valence-electron chi connectivity index (χ1n) is 6.18. The summed E-state index contributed by atoms with van der Waals surface area (Å²) in [5, 5.41) is 7.17. The summed E-state index contributed by atoms with van der Waals surface area (Å²) in [5.74, 6) is 0.123. The molecule has 0 aliphatic heterocycles. The van der Waals surface area contributed by atoms with Crippen molar-refractivity contribution in [3.05, 3.63) is 46.7 Å². The molecule has 18 heavy (non-hydrogen) atoms. The third-order valence-corrected chi connectivity index (χ3v) is 3.49. The van der Waals surface area contributed by atoms with Crippen LogP contribution in [0.5, 0.6) is 0 Å². The highest BCUT2D eigenvalue weighted by atomic mass is 32.1. The highest BCUT2D eigenvalue weighted by molar-refractivity contribution is 7.08. The molecule has 1 aromatic heterocycles. The van der Waals surface area contributed by atoms with Crippen LogP contribution in [-0.2, 0) is 11.3 Å². The number of thiophene rings is 1. The molecule has 0 fully saturated rings. The van der Waals surface area contributed by atoms with E-state index >= 15 is 0 Å². The molecule has 2 rings (SSSR count). The second-order valence-electron chi connectivity index (χ2n) is 4.20. The fourth-order valence-electron chi connectivity index (χ4n) is 1.88. The zero-order valence-electron chi connectivity index (χ0n) is 10.5. The van der Waals surface area contributed by atoms with Gasteiger partial charge < -0.3 is 5.32 Å². The maximum Gasteiger partial charge on any atom is 0.220 e.